The Morgan fingerprint density at radius 3 is 2.38 bits per heavy atom. The highest BCUT2D eigenvalue weighted by Crippen LogP contribution is 2.24. The third-order valence-corrected chi connectivity index (χ3v) is 4.66. The van der Waals surface area contributed by atoms with Gasteiger partial charge in [0, 0.05) is 4.47 Å². The Morgan fingerprint density at radius 2 is 1.92 bits per heavy atom. The SMILES string of the molecule is [CH2]C(C)S(=O)(=O)c1ccccc1Br. The monoisotopic (exact) mass is 261 g/mol. The second kappa shape index (κ2) is 3.80. The fourth-order valence-corrected chi connectivity index (χ4v) is 2.90. The summed E-state index contributed by atoms with van der Waals surface area (Å²) in [6, 6.07) is 6.74. The molecule has 0 aromatic heterocycles. The molecule has 71 valence electrons. The Morgan fingerprint density at radius 1 is 1.38 bits per heavy atom. The van der Waals surface area contributed by atoms with Crippen molar-refractivity contribution in [3.63, 3.8) is 0 Å². The molecule has 0 fully saturated rings. The summed E-state index contributed by atoms with van der Waals surface area (Å²) in [6.07, 6.45) is 0. The molecule has 4 heteroatoms. The first-order chi connectivity index (χ1) is 5.96. The molecular weight excluding hydrogens is 252 g/mol. The second-order valence-electron chi connectivity index (χ2n) is 2.79. The molecule has 1 rings (SSSR count). The lowest BCUT2D eigenvalue weighted by Crippen LogP contribution is -2.14. The van der Waals surface area contributed by atoms with Gasteiger partial charge in [0.15, 0.2) is 9.84 Å². The zero-order valence-electron chi connectivity index (χ0n) is 7.20. The molecule has 0 amide bonds. The molecule has 0 N–H and O–H groups in total. The molecule has 0 heterocycles. The van der Waals surface area contributed by atoms with E-state index in [1.165, 1.54) is 0 Å². The van der Waals surface area contributed by atoms with Gasteiger partial charge in [0.05, 0.1) is 10.1 Å². The quantitative estimate of drug-likeness (QED) is 0.820. The van der Waals surface area contributed by atoms with Crippen molar-refractivity contribution >= 4 is 25.8 Å². The number of hydrogen-bond acceptors (Lipinski definition) is 2. The van der Waals surface area contributed by atoms with Crippen molar-refractivity contribution in [2.75, 3.05) is 0 Å². The summed E-state index contributed by atoms with van der Waals surface area (Å²) in [5.41, 5.74) is 0. The van der Waals surface area contributed by atoms with Crippen molar-refractivity contribution in [2.24, 2.45) is 0 Å². The van der Waals surface area contributed by atoms with Crippen LogP contribution in [0.5, 0.6) is 0 Å². The highest BCUT2D eigenvalue weighted by atomic mass is 79.9. The summed E-state index contributed by atoms with van der Waals surface area (Å²) in [5.74, 6) is 0. The molecule has 0 saturated heterocycles. The van der Waals surface area contributed by atoms with E-state index in [0.717, 1.165) is 0 Å². The average molecular weight is 262 g/mol. The van der Waals surface area contributed by atoms with Crippen LogP contribution in [0.25, 0.3) is 0 Å². The van der Waals surface area contributed by atoms with E-state index >= 15 is 0 Å². The number of benzene rings is 1. The summed E-state index contributed by atoms with van der Waals surface area (Å²) in [7, 11) is -3.27. The van der Waals surface area contributed by atoms with Gasteiger partial charge in [0.2, 0.25) is 0 Å². The first kappa shape index (κ1) is 10.7. The van der Waals surface area contributed by atoms with Gasteiger partial charge in [0.25, 0.3) is 0 Å². The van der Waals surface area contributed by atoms with Gasteiger partial charge < -0.3 is 0 Å². The Kier molecular flexibility index (Phi) is 3.14. The minimum atomic E-state index is -3.27. The van der Waals surface area contributed by atoms with Crippen LogP contribution in [0.3, 0.4) is 0 Å². The average Bonchev–Trinajstić information content (AvgIpc) is 2.04. The number of rotatable bonds is 2. The first-order valence-corrected chi connectivity index (χ1v) is 6.11. The first-order valence-electron chi connectivity index (χ1n) is 3.78. The topological polar surface area (TPSA) is 34.1 Å². The molecule has 1 unspecified atom stereocenters. The Labute approximate surface area is 87.0 Å². The van der Waals surface area contributed by atoms with Gasteiger partial charge in [-0.1, -0.05) is 12.1 Å². The normalized spacial score (nSPS) is 12.0. The summed E-state index contributed by atoms with van der Waals surface area (Å²) >= 11 is 3.19. The van der Waals surface area contributed by atoms with E-state index in [-0.39, 0.29) is 0 Å². The van der Waals surface area contributed by atoms with E-state index < -0.39 is 15.1 Å². The van der Waals surface area contributed by atoms with Crippen LogP contribution in [-0.4, -0.2) is 13.7 Å². The van der Waals surface area contributed by atoms with Gasteiger partial charge in [-0.2, -0.15) is 0 Å². The van der Waals surface area contributed by atoms with Gasteiger partial charge in [-0.15, -0.1) is 0 Å². The molecule has 0 aliphatic rings. The highest BCUT2D eigenvalue weighted by molar-refractivity contribution is 9.10. The lowest BCUT2D eigenvalue weighted by molar-refractivity contribution is 0.590. The predicted octanol–water partition coefficient (Wildman–Crippen LogP) is 2.45. The maximum atomic E-state index is 11.7. The van der Waals surface area contributed by atoms with E-state index in [9.17, 15) is 8.42 Å². The number of halogens is 1. The lowest BCUT2D eigenvalue weighted by atomic mass is 10.4. The van der Waals surface area contributed by atoms with Crippen molar-refractivity contribution in [1.82, 2.24) is 0 Å². The molecule has 0 aliphatic carbocycles. The smallest absolute Gasteiger partial charge is 0.182 e. The van der Waals surface area contributed by atoms with Crippen LogP contribution in [0.15, 0.2) is 33.6 Å². The third-order valence-electron chi connectivity index (χ3n) is 1.67. The van der Waals surface area contributed by atoms with Crippen molar-refractivity contribution in [1.29, 1.82) is 0 Å². The van der Waals surface area contributed by atoms with Gasteiger partial charge in [-0.05, 0) is 41.9 Å². The molecule has 2 nitrogen and oxygen atoms in total. The van der Waals surface area contributed by atoms with Gasteiger partial charge in [-0.25, -0.2) is 8.42 Å². The summed E-state index contributed by atoms with van der Waals surface area (Å²) in [4.78, 5) is 0.303. The van der Waals surface area contributed by atoms with Crippen LogP contribution in [0.4, 0.5) is 0 Å². The van der Waals surface area contributed by atoms with Crippen molar-refractivity contribution < 1.29 is 8.42 Å². The molecule has 0 spiro atoms. The largest absolute Gasteiger partial charge is 0.223 e. The number of sulfone groups is 1. The third kappa shape index (κ3) is 2.11. The van der Waals surface area contributed by atoms with Gasteiger partial charge in [0.1, 0.15) is 0 Å². The second-order valence-corrected chi connectivity index (χ2v) is 5.97. The van der Waals surface area contributed by atoms with Crippen LogP contribution in [0.2, 0.25) is 0 Å². The minimum absolute atomic E-state index is 0.303. The van der Waals surface area contributed by atoms with E-state index in [2.05, 4.69) is 22.9 Å². The molecule has 0 bridgehead atoms. The van der Waals surface area contributed by atoms with Crippen molar-refractivity contribution in [3.05, 3.63) is 35.7 Å². The Hall–Kier alpha value is -0.350. The van der Waals surface area contributed by atoms with E-state index in [0.29, 0.717) is 9.37 Å². The highest BCUT2D eigenvalue weighted by Gasteiger charge is 2.20. The molecule has 1 aromatic rings. The van der Waals surface area contributed by atoms with Crippen molar-refractivity contribution in [2.45, 2.75) is 17.1 Å². The van der Waals surface area contributed by atoms with E-state index in [1.807, 2.05) is 0 Å². The zero-order chi connectivity index (χ0) is 10.1. The summed E-state index contributed by atoms with van der Waals surface area (Å²) < 4.78 is 23.9. The van der Waals surface area contributed by atoms with Crippen LogP contribution in [0, 0.1) is 6.92 Å². The maximum absolute atomic E-state index is 11.7. The Balaban J connectivity index is 3.32. The van der Waals surface area contributed by atoms with Crippen LogP contribution in [0.1, 0.15) is 6.92 Å². The van der Waals surface area contributed by atoms with E-state index in [4.69, 9.17) is 0 Å². The lowest BCUT2D eigenvalue weighted by Gasteiger charge is -2.08. The maximum Gasteiger partial charge on any atom is 0.182 e. The van der Waals surface area contributed by atoms with E-state index in [1.54, 1.807) is 31.2 Å². The molecule has 1 aromatic carbocycles. The molecule has 0 aliphatic heterocycles. The predicted molar refractivity (Wildman–Crippen MR) is 56.1 cm³/mol. The fourth-order valence-electron chi connectivity index (χ4n) is 0.892. The molecular formula is C9H10BrO2S. The van der Waals surface area contributed by atoms with Crippen LogP contribution >= 0.6 is 15.9 Å². The van der Waals surface area contributed by atoms with Crippen LogP contribution < -0.4 is 0 Å². The van der Waals surface area contributed by atoms with Gasteiger partial charge in [-0.3, -0.25) is 0 Å². The minimum Gasteiger partial charge on any atom is -0.223 e. The summed E-state index contributed by atoms with van der Waals surface area (Å²) in [5, 5.41) is -0.633. The fraction of sp³-hybridized carbons (Fsp3) is 0.222. The molecule has 0 saturated carbocycles. The molecule has 1 atom stereocenters. The van der Waals surface area contributed by atoms with Gasteiger partial charge >= 0.3 is 0 Å². The standard InChI is InChI=1S/C9H10BrO2S/c1-7(2)13(11,12)9-6-4-3-5-8(9)10/h3-7H,1H2,2H3. The van der Waals surface area contributed by atoms with Crippen molar-refractivity contribution in [3.8, 4) is 0 Å². The van der Waals surface area contributed by atoms with Crippen LogP contribution in [-0.2, 0) is 9.84 Å². The number of hydrogen-bond donors (Lipinski definition) is 0. The molecule has 1 radical (unpaired) electrons. The molecule has 13 heavy (non-hydrogen) atoms. The Bertz CT molecular complexity index is 396. The zero-order valence-corrected chi connectivity index (χ0v) is 9.60. The summed E-state index contributed by atoms with van der Waals surface area (Å²) in [6.45, 7) is 5.08.